The molecule has 104 valence electrons. The van der Waals surface area contributed by atoms with Gasteiger partial charge in [-0.3, -0.25) is 4.79 Å². The van der Waals surface area contributed by atoms with Crippen molar-refractivity contribution in [2.45, 2.75) is 6.04 Å². The van der Waals surface area contributed by atoms with Gasteiger partial charge in [0.2, 0.25) is 0 Å². The smallest absolute Gasteiger partial charge is 0.327 e. The third-order valence-electron chi connectivity index (χ3n) is 2.99. The molecule has 1 atom stereocenters. The molecule has 3 N–H and O–H groups in total. The first kappa shape index (κ1) is 14.4. The molecular formula is C15H14ClNO3. The molecule has 0 radical (unpaired) electrons. The van der Waals surface area contributed by atoms with Crippen LogP contribution in [0.1, 0.15) is 11.6 Å². The molecule has 2 aromatic carbocycles. The highest BCUT2D eigenvalue weighted by atomic mass is 35.5. The van der Waals surface area contributed by atoms with E-state index in [1.165, 1.54) is 13.2 Å². The molecule has 0 aliphatic carbocycles. The highest BCUT2D eigenvalue weighted by Crippen LogP contribution is 2.32. The first-order valence-corrected chi connectivity index (χ1v) is 6.33. The highest BCUT2D eigenvalue weighted by molar-refractivity contribution is 6.30. The minimum Gasteiger partial charge on any atom is -0.507 e. The van der Waals surface area contributed by atoms with Crippen LogP contribution in [0.5, 0.6) is 5.75 Å². The number of benzene rings is 2. The van der Waals surface area contributed by atoms with Crippen molar-refractivity contribution in [3.8, 4) is 16.9 Å². The summed E-state index contributed by atoms with van der Waals surface area (Å²) in [5.74, 6) is -0.425. The maximum absolute atomic E-state index is 11.5. The number of rotatable bonds is 3. The number of hydrogen-bond acceptors (Lipinski definition) is 4. The number of methoxy groups -OCH3 is 1. The van der Waals surface area contributed by atoms with Gasteiger partial charge in [-0.1, -0.05) is 29.8 Å². The second-order valence-corrected chi connectivity index (χ2v) is 4.72. The molecule has 4 nitrogen and oxygen atoms in total. The quantitative estimate of drug-likeness (QED) is 0.853. The molecular weight excluding hydrogens is 278 g/mol. The van der Waals surface area contributed by atoms with Crippen LogP contribution in [0.15, 0.2) is 42.5 Å². The standard InChI is InChI=1S/C15H14ClNO3/c1-20-15(19)14(17)10-4-7-13(18)12(8-10)9-2-5-11(16)6-3-9/h2-8,14,18H,17H2,1H3/t14-/m1/s1. The van der Waals surface area contributed by atoms with Crippen LogP contribution in [0.25, 0.3) is 11.1 Å². The van der Waals surface area contributed by atoms with Crippen molar-refractivity contribution in [3.63, 3.8) is 0 Å². The third kappa shape index (κ3) is 2.92. The van der Waals surface area contributed by atoms with Crippen molar-refractivity contribution in [1.82, 2.24) is 0 Å². The van der Waals surface area contributed by atoms with E-state index in [2.05, 4.69) is 4.74 Å². The van der Waals surface area contributed by atoms with Gasteiger partial charge in [-0.25, -0.2) is 0 Å². The molecule has 0 fully saturated rings. The number of nitrogens with two attached hydrogens (primary N) is 1. The molecule has 0 saturated carbocycles. The van der Waals surface area contributed by atoms with Gasteiger partial charge in [0.15, 0.2) is 0 Å². The van der Waals surface area contributed by atoms with Gasteiger partial charge in [-0.2, -0.15) is 0 Å². The van der Waals surface area contributed by atoms with Crippen LogP contribution in [-0.2, 0) is 9.53 Å². The number of carbonyl (C=O) groups excluding carboxylic acids is 1. The fourth-order valence-corrected chi connectivity index (χ4v) is 2.00. The summed E-state index contributed by atoms with van der Waals surface area (Å²) in [5, 5.41) is 10.6. The van der Waals surface area contributed by atoms with Crippen LogP contribution in [0.4, 0.5) is 0 Å². The second-order valence-electron chi connectivity index (χ2n) is 4.28. The number of phenols is 1. The number of halogens is 1. The van der Waals surface area contributed by atoms with E-state index in [0.717, 1.165) is 5.56 Å². The van der Waals surface area contributed by atoms with E-state index in [4.69, 9.17) is 17.3 Å². The summed E-state index contributed by atoms with van der Waals surface area (Å²) in [6, 6.07) is 10.9. The number of esters is 1. The fraction of sp³-hybridized carbons (Fsp3) is 0.133. The van der Waals surface area contributed by atoms with Crippen molar-refractivity contribution in [1.29, 1.82) is 0 Å². The molecule has 0 amide bonds. The normalized spacial score (nSPS) is 11.9. The Kier molecular flexibility index (Phi) is 4.27. The van der Waals surface area contributed by atoms with Gasteiger partial charge in [-0.15, -0.1) is 0 Å². The summed E-state index contributed by atoms with van der Waals surface area (Å²) >= 11 is 5.84. The van der Waals surface area contributed by atoms with Gasteiger partial charge in [0, 0.05) is 10.6 Å². The molecule has 0 aromatic heterocycles. The molecule has 0 saturated heterocycles. The lowest BCUT2D eigenvalue weighted by atomic mass is 9.99. The average Bonchev–Trinajstić information content (AvgIpc) is 2.47. The van der Waals surface area contributed by atoms with Crippen LogP contribution in [0.3, 0.4) is 0 Å². The number of aromatic hydroxyl groups is 1. The lowest BCUT2D eigenvalue weighted by Crippen LogP contribution is -2.22. The first-order chi connectivity index (χ1) is 9.52. The van der Waals surface area contributed by atoms with E-state index in [0.29, 0.717) is 16.1 Å². The van der Waals surface area contributed by atoms with Crippen LogP contribution >= 0.6 is 11.6 Å². The van der Waals surface area contributed by atoms with Gasteiger partial charge in [0.05, 0.1) is 7.11 Å². The summed E-state index contributed by atoms with van der Waals surface area (Å²) < 4.78 is 4.61. The molecule has 0 aliphatic rings. The highest BCUT2D eigenvalue weighted by Gasteiger charge is 2.18. The second kappa shape index (κ2) is 5.94. The molecule has 20 heavy (non-hydrogen) atoms. The lowest BCUT2D eigenvalue weighted by molar-refractivity contribution is -0.142. The largest absolute Gasteiger partial charge is 0.507 e. The Morgan fingerprint density at radius 3 is 2.50 bits per heavy atom. The van der Waals surface area contributed by atoms with Crippen LogP contribution in [-0.4, -0.2) is 18.2 Å². The molecule has 2 rings (SSSR count). The predicted molar refractivity (Wildman–Crippen MR) is 77.5 cm³/mol. The molecule has 0 bridgehead atoms. The topological polar surface area (TPSA) is 72.5 Å². The van der Waals surface area contributed by atoms with Crippen LogP contribution in [0, 0.1) is 0 Å². The zero-order valence-corrected chi connectivity index (χ0v) is 11.6. The van der Waals surface area contributed by atoms with Gasteiger partial charge in [0.25, 0.3) is 0 Å². The third-order valence-corrected chi connectivity index (χ3v) is 3.24. The Morgan fingerprint density at radius 1 is 1.25 bits per heavy atom. The van der Waals surface area contributed by atoms with Crippen molar-refractivity contribution >= 4 is 17.6 Å². The maximum atomic E-state index is 11.5. The number of hydrogen-bond donors (Lipinski definition) is 2. The van der Waals surface area contributed by atoms with Gasteiger partial charge in [0.1, 0.15) is 11.8 Å². The minimum atomic E-state index is -0.883. The molecule has 0 unspecified atom stereocenters. The zero-order chi connectivity index (χ0) is 14.7. The van der Waals surface area contributed by atoms with E-state index in [1.807, 2.05) is 0 Å². The van der Waals surface area contributed by atoms with E-state index in [9.17, 15) is 9.90 Å². The van der Waals surface area contributed by atoms with Gasteiger partial charge < -0.3 is 15.6 Å². The summed E-state index contributed by atoms with van der Waals surface area (Å²) in [6.07, 6.45) is 0. The molecule has 0 aliphatic heterocycles. The van der Waals surface area contributed by atoms with Crippen molar-refractivity contribution in [2.75, 3.05) is 7.11 Å². The van der Waals surface area contributed by atoms with Crippen LogP contribution < -0.4 is 5.73 Å². The summed E-state index contributed by atoms with van der Waals surface area (Å²) in [4.78, 5) is 11.5. The minimum absolute atomic E-state index is 0.105. The van der Waals surface area contributed by atoms with Gasteiger partial charge >= 0.3 is 5.97 Å². The van der Waals surface area contributed by atoms with Crippen molar-refractivity contribution in [2.24, 2.45) is 5.73 Å². The SMILES string of the molecule is COC(=O)[C@H](N)c1ccc(O)c(-c2ccc(Cl)cc2)c1. The Balaban J connectivity index is 2.43. The first-order valence-electron chi connectivity index (χ1n) is 5.95. The summed E-state index contributed by atoms with van der Waals surface area (Å²) in [5.41, 5.74) is 7.73. The number of ether oxygens (including phenoxy) is 1. The van der Waals surface area contributed by atoms with E-state index >= 15 is 0 Å². The Morgan fingerprint density at radius 2 is 1.90 bits per heavy atom. The Bertz CT molecular complexity index is 626. The van der Waals surface area contributed by atoms with E-state index in [1.54, 1.807) is 36.4 Å². The monoisotopic (exact) mass is 291 g/mol. The maximum Gasteiger partial charge on any atom is 0.327 e. The van der Waals surface area contributed by atoms with Gasteiger partial charge in [-0.05, 0) is 35.4 Å². The van der Waals surface area contributed by atoms with E-state index < -0.39 is 12.0 Å². The van der Waals surface area contributed by atoms with Crippen LogP contribution in [0.2, 0.25) is 5.02 Å². The predicted octanol–water partition coefficient (Wildman–Crippen LogP) is 2.89. The fourth-order valence-electron chi connectivity index (χ4n) is 1.87. The molecule has 2 aromatic rings. The molecule has 0 heterocycles. The Hall–Kier alpha value is -2.04. The average molecular weight is 292 g/mol. The summed E-state index contributed by atoms with van der Waals surface area (Å²) in [6.45, 7) is 0. The molecule has 5 heteroatoms. The lowest BCUT2D eigenvalue weighted by Gasteiger charge is -2.12. The van der Waals surface area contributed by atoms with Crippen molar-refractivity contribution < 1.29 is 14.6 Å². The van der Waals surface area contributed by atoms with Crippen molar-refractivity contribution in [3.05, 3.63) is 53.1 Å². The zero-order valence-electron chi connectivity index (χ0n) is 10.8. The Labute approximate surface area is 121 Å². The van der Waals surface area contributed by atoms with E-state index in [-0.39, 0.29) is 5.75 Å². The summed E-state index contributed by atoms with van der Waals surface area (Å²) in [7, 11) is 1.28. The number of phenolic OH excluding ortho intramolecular Hbond substituents is 1. The molecule has 0 spiro atoms. The number of carbonyl (C=O) groups is 1.